The lowest BCUT2D eigenvalue weighted by molar-refractivity contribution is 0.0209. The normalized spacial score (nSPS) is 40.4. The molecule has 17 rings (SSSR count). The summed E-state index contributed by atoms with van der Waals surface area (Å²) >= 11 is 0. The van der Waals surface area contributed by atoms with Gasteiger partial charge in [-0.05, 0) is 339 Å². The molecule has 9 unspecified atom stereocenters. The van der Waals surface area contributed by atoms with Crippen molar-refractivity contribution >= 4 is 0 Å². The summed E-state index contributed by atoms with van der Waals surface area (Å²) in [5, 5.41) is 0. The van der Waals surface area contributed by atoms with Crippen LogP contribution in [0, 0.1) is 172 Å². The lowest BCUT2D eigenvalue weighted by atomic mass is 9.57. The molecule has 10 atom stereocenters. The Labute approximate surface area is 595 Å². The number of rotatable bonds is 5. The summed E-state index contributed by atoms with van der Waals surface area (Å²) in [7, 11) is 0. The van der Waals surface area contributed by atoms with Gasteiger partial charge in [-0.25, -0.2) is 0 Å². The summed E-state index contributed by atoms with van der Waals surface area (Å²) < 4.78 is 0. The van der Waals surface area contributed by atoms with Gasteiger partial charge in [-0.3, -0.25) is 0 Å². The Balaban J connectivity index is 0.000000168. The Morgan fingerprint density at radius 1 is 0.362 bits per heavy atom. The topological polar surface area (TPSA) is 0 Å². The summed E-state index contributed by atoms with van der Waals surface area (Å²) in [4.78, 5) is 0. The molecule has 0 aliphatic heterocycles. The molecule has 17 aliphatic carbocycles. The van der Waals surface area contributed by atoms with Crippen molar-refractivity contribution in [1.29, 1.82) is 0 Å². The monoisotopic (exact) mass is 1310 g/mol. The molecule has 0 saturated heterocycles. The van der Waals surface area contributed by atoms with Gasteiger partial charge in [-0.2, -0.15) is 0 Å². The van der Waals surface area contributed by atoms with E-state index < -0.39 is 0 Å². The average molecular weight is 1310 g/mol. The summed E-state index contributed by atoms with van der Waals surface area (Å²) in [6, 6.07) is 0. The lowest BCUT2D eigenvalue weighted by Crippen LogP contribution is -2.38. The zero-order valence-corrected chi connectivity index (χ0v) is 70.8. The van der Waals surface area contributed by atoms with Crippen molar-refractivity contribution in [3.63, 3.8) is 0 Å². The van der Waals surface area contributed by atoms with Crippen molar-refractivity contribution in [2.75, 3.05) is 0 Å². The van der Waals surface area contributed by atoms with E-state index in [2.05, 4.69) is 215 Å². The van der Waals surface area contributed by atoms with Crippen LogP contribution < -0.4 is 0 Å². The second kappa shape index (κ2) is 32.3. The first-order chi connectivity index (χ1) is 43.2. The minimum absolute atomic E-state index is 0.526. The Bertz CT molecular complexity index is 2120. The molecule has 0 amide bonds. The van der Waals surface area contributed by atoms with Crippen molar-refractivity contribution in [3.8, 4) is 0 Å². The van der Waals surface area contributed by atoms with Gasteiger partial charge in [0.05, 0.1) is 0 Å². The zero-order valence-electron chi connectivity index (χ0n) is 70.8. The number of hydrogen-bond donors (Lipinski definition) is 0. The van der Waals surface area contributed by atoms with Crippen LogP contribution in [0.25, 0.3) is 0 Å². The largest absolute Gasteiger partial charge is 0.0651 e. The molecule has 0 aromatic carbocycles. The highest BCUT2D eigenvalue weighted by atomic mass is 14.6. The van der Waals surface area contributed by atoms with Crippen molar-refractivity contribution in [3.05, 3.63) is 0 Å². The van der Waals surface area contributed by atoms with Gasteiger partial charge in [0.15, 0.2) is 0 Å². The Hall–Kier alpha value is 0. The summed E-state index contributed by atoms with van der Waals surface area (Å²) in [6.07, 6.45) is 49.1. The second-order valence-corrected chi connectivity index (χ2v) is 45.2. The van der Waals surface area contributed by atoms with Crippen LogP contribution in [0.3, 0.4) is 0 Å². The highest BCUT2D eigenvalue weighted by Gasteiger charge is 2.53. The molecule has 0 aromatic rings. The zero-order chi connectivity index (χ0) is 70.8. The third-order valence-electron chi connectivity index (χ3n) is 35.4. The van der Waals surface area contributed by atoms with Crippen LogP contribution in [0.15, 0.2) is 0 Å². The van der Waals surface area contributed by atoms with Crippen LogP contribution in [0.2, 0.25) is 0 Å². The average Bonchev–Trinajstić information content (AvgIpc) is 1.60. The third-order valence-corrected chi connectivity index (χ3v) is 35.4. The Kier molecular flexibility index (Phi) is 28.5. The molecule has 0 heteroatoms. The number of hydrogen-bond acceptors (Lipinski definition) is 0. The molecular formula is C94H178. The van der Waals surface area contributed by atoms with Crippen molar-refractivity contribution in [1.82, 2.24) is 0 Å². The van der Waals surface area contributed by atoms with Crippen LogP contribution in [-0.4, -0.2) is 0 Å². The quantitative estimate of drug-likeness (QED) is 0.257. The van der Waals surface area contributed by atoms with Crippen LogP contribution in [0.5, 0.6) is 0 Å². The molecule has 17 saturated carbocycles. The van der Waals surface area contributed by atoms with Crippen molar-refractivity contribution in [2.45, 2.75) is 427 Å². The van der Waals surface area contributed by atoms with Crippen LogP contribution >= 0.6 is 0 Å². The third kappa shape index (κ3) is 20.0. The highest BCUT2D eigenvalue weighted by molar-refractivity contribution is 5.03. The first-order valence-corrected chi connectivity index (χ1v) is 43.2. The summed E-state index contributed by atoms with van der Waals surface area (Å²) in [6.45, 7) is 75.0. The highest BCUT2D eigenvalue weighted by Crippen LogP contribution is 2.63. The van der Waals surface area contributed by atoms with Gasteiger partial charge in [-0.15, -0.1) is 0 Å². The van der Waals surface area contributed by atoms with Gasteiger partial charge in [-0.1, -0.05) is 260 Å². The van der Waals surface area contributed by atoms with Crippen molar-refractivity contribution < 1.29 is 0 Å². The first-order valence-electron chi connectivity index (χ1n) is 43.2. The predicted molar refractivity (Wildman–Crippen MR) is 421 cm³/mol. The van der Waals surface area contributed by atoms with Gasteiger partial charge >= 0.3 is 0 Å². The molecule has 17 aliphatic rings. The Morgan fingerprint density at radius 3 is 1.01 bits per heavy atom. The molecule has 0 nitrogen and oxygen atoms in total. The molecule has 0 aromatic heterocycles. The fourth-order valence-electron chi connectivity index (χ4n) is 26.9. The van der Waals surface area contributed by atoms with E-state index in [4.69, 9.17) is 0 Å². The number of fused-ring (bicyclic) bond motifs is 13. The van der Waals surface area contributed by atoms with Gasteiger partial charge in [0.1, 0.15) is 0 Å². The maximum atomic E-state index is 2.49. The molecular weight excluding hydrogens is 1130 g/mol. The molecule has 0 N–H and O–H groups in total. The minimum Gasteiger partial charge on any atom is -0.0651 e. The van der Waals surface area contributed by atoms with E-state index in [1.165, 1.54) is 154 Å². The summed E-state index contributed by atoms with van der Waals surface area (Å²) in [5.74, 6) is 19.9. The van der Waals surface area contributed by atoms with Crippen LogP contribution in [0.1, 0.15) is 427 Å². The molecule has 94 heavy (non-hydrogen) atoms. The maximum absolute atomic E-state index is 2.49. The maximum Gasteiger partial charge on any atom is -0.0288 e. The summed E-state index contributed by atoms with van der Waals surface area (Å²) in [5.41, 5.74) is 6.52. The van der Waals surface area contributed by atoms with Gasteiger partial charge in [0.2, 0.25) is 0 Å². The van der Waals surface area contributed by atoms with E-state index in [0.717, 1.165) is 118 Å². The van der Waals surface area contributed by atoms with E-state index in [1.54, 1.807) is 57.8 Å². The van der Waals surface area contributed by atoms with E-state index in [1.807, 2.05) is 0 Å². The molecule has 17 fully saturated rings. The SMILES string of the molecule is CC(C)C1C(C)(C)CCC1(C)C.CC1C2CCC(CC2)C1C.CC1CC2CCC1(C)CC2.CC1CC2CCC1CC2.CCC1(C)CC(C)(C)C(C)(C)C1.CCC1C(C)(C)CCC1(C)C.CCC1CC(C)(C)C(C)(C)C1.CCC1CC2CCC1C2.C[C@@H]1C2CCC(C2)C1(C)C. The first kappa shape index (κ1) is 83.0. The standard InChI is InChI=1S/2C12H24.2C11H22.3C10H18.2C9H16/c1-9(2)10-11(3,4)7-8-12(10,5)6;1-7-12(6)8-10(2,3)11(4,5)9-12;1-6-9-7-10(2,3)11(4,5)8-9;1-6-9-10(2,3)7-8-11(9,4)5;1-7-8-4-5-9(6-8)10(7,2)3;1-8-7-9-3-5-10(8,2)6-4-9;1-7-8(2)10-5-3-9(7)4-6-10;1-7-6-8-2-4-9(7)5-3-8;1-2-8-5-7-3-4-9(8)6-7/h9-10H,7-8H2,1-6H3;7-9H2,1-6H3;2*9H,6-8H2,1-5H3;7-9H,4-6H2,1-3H3;8-9H,3-7H2,1-2H3;7-10H,3-6H2,1-2H3;2*7-9H,2-6H2,1H3/t;;;;7-,8?,9?;;;;/m....1..../s1. The van der Waals surface area contributed by atoms with E-state index in [-0.39, 0.29) is 0 Å². The smallest absolute Gasteiger partial charge is 0.0288 e. The Morgan fingerprint density at radius 2 is 0.787 bits per heavy atom. The van der Waals surface area contributed by atoms with Crippen LogP contribution in [0.4, 0.5) is 0 Å². The molecule has 10 bridgehead atoms. The fourth-order valence-corrected chi connectivity index (χ4v) is 26.9. The minimum atomic E-state index is 0.526. The van der Waals surface area contributed by atoms with E-state index >= 15 is 0 Å². The van der Waals surface area contributed by atoms with Gasteiger partial charge in [0.25, 0.3) is 0 Å². The fraction of sp³-hybridized carbons (Fsp3) is 1.00. The van der Waals surface area contributed by atoms with Gasteiger partial charge < -0.3 is 0 Å². The van der Waals surface area contributed by atoms with E-state index in [0.29, 0.717) is 54.1 Å². The lowest BCUT2D eigenvalue weighted by Gasteiger charge is -2.49. The molecule has 0 radical (unpaired) electrons. The molecule has 0 spiro atoms. The van der Waals surface area contributed by atoms with Crippen molar-refractivity contribution in [2.24, 2.45) is 172 Å². The van der Waals surface area contributed by atoms with Crippen LogP contribution in [-0.2, 0) is 0 Å². The molecule has 554 valence electrons. The second-order valence-electron chi connectivity index (χ2n) is 45.2. The molecule has 0 heterocycles. The van der Waals surface area contributed by atoms with E-state index in [9.17, 15) is 0 Å². The van der Waals surface area contributed by atoms with Gasteiger partial charge in [0, 0.05) is 0 Å². The predicted octanol–water partition coefficient (Wildman–Crippen LogP) is 31.1.